The molecule has 16 heavy (non-hydrogen) atoms. The van der Waals surface area contributed by atoms with Crippen LogP contribution in [0.15, 0.2) is 34.1 Å². The second-order valence-corrected chi connectivity index (χ2v) is 7.47. The molecule has 0 bridgehead atoms. The number of benzene rings is 1. The average molecular weight is 261 g/mol. The Balaban J connectivity index is 3.00. The summed E-state index contributed by atoms with van der Waals surface area (Å²) in [5, 5.41) is -0.135. The van der Waals surface area contributed by atoms with Gasteiger partial charge in [0, 0.05) is 22.9 Å². The van der Waals surface area contributed by atoms with E-state index in [1.165, 1.54) is 12.1 Å². The van der Waals surface area contributed by atoms with E-state index >= 15 is 0 Å². The van der Waals surface area contributed by atoms with Gasteiger partial charge in [0.1, 0.15) is 0 Å². The summed E-state index contributed by atoms with van der Waals surface area (Å²) in [6.45, 7) is 2.13. The molecule has 2 atom stereocenters. The standard InChI is InChI=1S/C10H15NO3S2/c1-8(7-11)15(12)9-3-5-10(6-4-9)16(2,13)14/h3-6,8H,7,11H2,1-2H3. The Morgan fingerprint density at radius 1 is 1.31 bits per heavy atom. The third-order valence-electron chi connectivity index (χ3n) is 2.18. The first kappa shape index (κ1) is 13.3. The lowest BCUT2D eigenvalue weighted by Crippen LogP contribution is -2.21. The molecule has 2 unspecified atom stereocenters. The number of nitrogens with two attached hydrogens (primary N) is 1. The average Bonchev–Trinajstić information content (AvgIpc) is 2.26. The van der Waals surface area contributed by atoms with Crippen molar-refractivity contribution in [3.05, 3.63) is 24.3 Å². The van der Waals surface area contributed by atoms with Gasteiger partial charge in [-0.05, 0) is 31.2 Å². The summed E-state index contributed by atoms with van der Waals surface area (Å²) in [5.74, 6) is 0. The molecule has 0 saturated carbocycles. The molecule has 0 fully saturated rings. The number of rotatable bonds is 4. The van der Waals surface area contributed by atoms with Crippen molar-refractivity contribution in [1.82, 2.24) is 0 Å². The van der Waals surface area contributed by atoms with Crippen LogP contribution in [0.25, 0.3) is 0 Å². The first-order valence-electron chi connectivity index (χ1n) is 4.77. The minimum atomic E-state index is -3.19. The van der Waals surface area contributed by atoms with Gasteiger partial charge < -0.3 is 5.73 Å². The van der Waals surface area contributed by atoms with E-state index in [4.69, 9.17) is 5.73 Å². The van der Waals surface area contributed by atoms with Crippen LogP contribution in [0.1, 0.15) is 6.92 Å². The molecule has 0 amide bonds. The second-order valence-electron chi connectivity index (χ2n) is 3.59. The van der Waals surface area contributed by atoms with Gasteiger partial charge in [-0.3, -0.25) is 4.21 Å². The van der Waals surface area contributed by atoms with E-state index in [1.54, 1.807) is 19.1 Å². The molecule has 0 aliphatic carbocycles. The first-order valence-corrected chi connectivity index (χ1v) is 7.87. The Bertz CT molecular complexity index is 479. The third kappa shape index (κ3) is 3.13. The van der Waals surface area contributed by atoms with E-state index in [0.717, 1.165) is 6.26 Å². The van der Waals surface area contributed by atoms with Crippen molar-refractivity contribution in [2.45, 2.75) is 22.0 Å². The highest BCUT2D eigenvalue weighted by Crippen LogP contribution is 2.15. The molecule has 90 valence electrons. The normalized spacial score (nSPS) is 15.7. The Kier molecular flexibility index (Phi) is 4.23. The summed E-state index contributed by atoms with van der Waals surface area (Å²) >= 11 is 0. The van der Waals surface area contributed by atoms with Crippen molar-refractivity contribution < 1.29 is 12.6 Å². The van der Waals surface area contributed by atoms with Crippen molar-refractivity contribution in [2.24, 2.45) is 5.73 Å². The van der Waals surface area contributed by atoms with Gasteiger partial charge in [0.2, 0.25) is 0 Å². The summed E-state index contributed by atoms with van der Waals surface area (Å²) in [5.41, 5.74) is 5.42. The van der Waals surface area contributed by atoms with Crippen LogP contribution in [0.2, 0.25) is 0 Å². The molecule has 6 heteroatoms. The maximum Gasteiger partial charge on any atom is 0.175 e. The zero-order valence-corrected chi connectivity index (χ0v) is 10.8. The van der Waals surface area contributed by atoms with Crippen LogP contribution in [0, 0.1) is 0 Å². The fourth-order valence-electron chi connectivity index (χ4n) is 1.14. The molecule has 0 aliphatic rings. The van der Waals surface area contributed by atoms with Crippen LogP contribution in [-0.4, -0.2) is 30.7 Å². The SMILES string of the molecule is CC(CN)S(=O)c1ccc(S(C)(=O)=O)cc1. The van der Waals surface area contributed by atoms with Gasteiger partial charge in [0.15, 0.2) is 9.84 Å². The Labute approximate surface area is 98.2 Å². The van der Waals surface area contributed by atoms with Crippen LogP contribution in [0.3, 0.4) is 0 Å². The fourth-order valence-corrected chi connectivity index (χ4v) is 2.81. The van der Waals surface area contributed by atoms with Gasteiger partial charge in [-0.25, -0.2) is 8.42 Å². The van der Waals surface area contributed by atoms with Crippen molar-refractivity contribution in [1.29, 1.82) is 0 Å². The molecule has 0 saturated heterocycles. The molecule has 1 rings (SSSR count). The van der Waals surface area contributed by atoms with E-state index in [9.17, 15) is 12.6 Å². The lowest BCUT2D eigenvalue weighted by molar-refractivity contribution is 0.601. The molecular formula is C10H15NO3S2. The van der Waals surface area contributed by atoms with E-state index in [0.29, 0.717) is 11.4 Å². The largest absolute Gasteiger partial charge is 0.329 e. The van der Waals surface area contributed by atoms with Gasteiger partial charge in [-0.1, -0.05) is 0 Å². The maximum absolute atomic E-state index is 11.8. The lowest BCUT2D eigenvalue weighted by Gasteiger charge is -2.08. The zero-order chi connectivity index (χ0) is 12.3. The van der Waals surface area contributed by atoms with E-state index < -0.39 is 20.6 Å². The predicted molar refractivity (Wildman–Crippen MR) is 64.5 cm³/mol. The van der Waals surface area contributed by atoms with Crippen molar-refractivity contribution in [3.8, 4) is 0 Å². The Morgan fingerprint density at radius 2 is 1.81 bits per heavy atom. The van der Waals surface area contributed by atoms with Crippen LogP contribution in [0.5, 0.6) is 0 Å². The smallest absolute Gasteiger partial charge is 0.175 e. The monoisotopic (exact) mass is 261 g/mol. The molecule has 0 spiro atoms. The fraction of sp³-hybridized carbons (Fsp3) is 0.400. The molecule has 4 nitrogen and oxygen atoms in total. The molecular weight excluding hydrogens is 246 g/mol. The van der Waals surface area contributed by atoms with Gasteiger partial charge in [0.25, 0.3) is 0 Å². The topological polar surface area (TPSA) is 77.2 Å². The van der Waals surface area contributed by atoms with Gasteiger partial charge >= 0.3 is 0 Å². The van der Waals surface area contributed by atoms with Crippen LogP contribution < -0.4 is 5.73 Å². The lowest BCUT2D eigenvalue weighted by atomic mass is 10.4. The van der Waals surface area contributed by atoms with E-state index in [1.807, 2.05) is 0 Å². The molecule has 0 aliphatic heterocycles. The zero-order valence-electron chi connectivity index (χ0n) is 9.21. The molecule has 0 heterocycles. The van der Waals surface area contributed by atoms with Crippen molar-refractivity contribution >= 4 is 20.6 Å². The molecule has 1 aromatic carbocycles. The summed E-state index contributed by atoms with van der Waals surface area (Å²) in [7, 11) is -4.38. The Morgan fingerprint density at radius 3 is 2.19 bits per heavy atom. The summed E-state index contributed by atoms with van der Waals surface area (Å²) in [4.78, 5) is 0.832. The predicted octanol–water partition coefficient (Wildman–Crippen LogP) is 0.545. The third-order valence-corrected chi connectivity index (χ3v) is 4.97. The minimum absolute atomic E-state index is 0.135. The van der Waals surface area contributed by atoms with Crippen molar-refractivity contribution in [3.63, 3.8) is 0 Å². The molecule has 1 aromatic rings. The highest BCUT2D eigenvalue weighted by atomic mass is 32.2. The molecule has 2 N–H and O–H groups in total. The number of sulfone groups is 1. The van der Waals surface area contributed by atoms with Crippen LogP contribution in [-0.2, 0) is 20.6 Å². The van der Waals surface area contributed by atoms with Gasteiger partial charge in [-0.15, -0.1) is 0 Å². The molecule has 0 aromatic heterocycles. The number of hydrogen-bond acceptors (Lipinski definition) is 4. The van der Waals surface area contributed by atoms with Gasteiger partial charge in [0.05, 0.1) is 15.7 Å². The minimum Gasteiger partial charge on any atom is -0.329 e. The molecule has 0 radical (unpaired) electrons. The van der Waals surface area contributed by atoms with Crippen molar-refractivity contribution in [2.75, 3.05) is 12.8 Å². The van der Waals surface area contributed by atoms with Crippen LogP contribution in [0.4, 0.5) is 0 Å². The first-order chi connectivity index (χ1) is 7.36. The summed E-state index contributed by atoms with van der Waals surface area (Å²) in [6.07, 6.45) is 1.14. The quantitative estimate of drug-likeness (QED) is 0.858. The summed E-state index contributed by atoms with van der Waals surface area (Å²) in [6, 6.07) is 6.06. The van der Waals surface area contributed by atoms with E-state index in [-0.39, 0.29) is 10.1 Å². The second kappa shape index (κ2) is 5.07. The van der Waals surface area contributed by atoms with E-state index in [2.05, 4.69) is 0 Å². The van der Waals surface area contributed by atoms with Crippen LogP contribution >= 0.6 is 0 Å². The summed E-state index contributed by atoms with van der Waals surface area (Å²) < 4.78 is 34.2. The number of hydrogen-bond donors (Lipinski definition) is 1. The Hall–Kier alpha value is -0.720. The van der Waals surface area contributed by atoms with Gasteiger partial charge in [-0.2, -0.15) is 0 Å². The highest BCUT2D eigenvalue weighted by Gasteiger charge is 2.13. The maximum atomic E-state index is 11.8. The highest BCUT2D eigenvalue weighted by molar-refractivity contribution is 7.90.